The molecular formula is C22H24ClN3O3. The Morgan fingerprint density at radius 3 is 2.72 bits per heavy atom. The van der Waals surface area contributed by atoms with E-state index in [1.54, 1.807) is 30.2 Å². The van der Waals surface area contributed by atoms with Gasteiger partial charge >= 0.3 is 0 Å². The molecule has 2 amide bonds. The fraction of sp³-hybridized carbons (Fsp3) is 0.364. The molecule has 29 heavy (non-hydrogen) atoms. The van der Waals surface area contributed by atoms with Crippen LogP contribution in [0.5, 0.6) is 5.75 Å². The van der Waals surface area contributed by atoms with E-state index in [1.807, 2.05) is 35.2 Å². The molecule has 2 heterocycles. The van der Waals surface area contributed by atoms with Crippen molar-refractivity contribution in [2.24, 2.45) is 5.92 Å². The first kappa shape index (κ1) is 19.6. The van der Waals surface area contributed by atoms with Gasteiger partial charge < -0.3 is 19.9 Å². The van der Waals surface area contributed by atoms with Gasteiger partial charge in [-0.25, -0.2) is 0 Å². The standard InChI is InChI=1S/C22H24ClN3O3/c1-29-20-8-7-16(23)12-19(20)26-13-15(11-21(26)27)22(28)25-10-9-18(14-25)24-17-5-3-2-4-6-17/h2-8,12,15,18,24H,9-11,13-14H2,1H3. The zero-order chi connectivity index (χ0) is 20.4. The van der Waals surface area contributed by atoms with E-state index >= 15 is 0 Å². The van der Waals surface area contributed by atoms with E-state index in [4.69, 9.17) is 16.3 Å². The number of carbonyl (C=O) groups excluding carboxylic acids is 2. The van der Waals surface area contributed by atoms with E-state index < -0.39 is 0 Å². The third kappa shape index (κ3) is 4.17. The first-order valence-corrected chi connectivity index (χ1v) is 10.2. The van der Waals surface area contributed by atoms with Gasteiger partial charge in [-0.1, -0.05) is 29.8 Å². The fourth-order valence-electron chi connectivity index (χ4n) is 4.09. The van der Waals surface area contributed by atoms with E-state index in [-0.39, 0.29) is 30.2 Å². The van der Waals surface area contributed by atoms with E-state index in [1.165, 1.54) is 0 Å². The number of amides is 2. The summed E-state index contributed by atoms with van der Waals surface area (Å²) in [6, 6.07) is 15.4. The average molecular weight is 414 g/mol. The summed E-state index contributed by atoms with van der Waals surface area (Å²) in [5, 5.41) is 4.00. The molecule has 2 fully saturated rings. The lowest BCUT2D eigenvalue weighted by Gasteiger charge is -2.22. The zero-order valence-electron chi connectivity index (χ0n) is 16.3. The number of nitrogens with zero attached hydrogens (tertiary/aromatic N) is 2. The highest BCUT2D eigenvalue weighted by Gasteiger charge is 2.39. The summed E-state index contributed by atoms with van der Waals surface area (Å²) in [5.74, 6) is 0.187. The topological polar surface area (TPSA) is 61.9 Å². The molecule has 6 nitrogen and oxygen atoms in total. The highest BCUT2D eigenvalue weighted by molar-refractivity contribution is 6.31. The van der Waals surface area contributed by atoms with Crippen LogP contribution in [0, 0.1) is 5.92 Å². The summed E-state index contributed by atoms with van der Waals surface area (Å²) in [6.45, 7) is 1.70. The smallest absolute Gasteiger partial charge is 0.228 e. The van der Waals surface area contributed by atoms with Crippen molar-refractivity contribution in [3.63, 3.8) is 0 Å². The number of hydrogen-bond acceptors (Lipinski definition) is 4. The third-order valence-electron chi connectivity index (χ3n) is 5.55. The molecular weight excluding hydrogens is 390 g/mol. The molecule has 1 N–H and O–H groups in total. The van der Waals surface area contributed by atoms with Gasteiger partial charge in [0.1, 0.15) is 5.75 Å². The number of halogens is 1. The van der Waals surface area contributed by atoms with E-state index in [9.17, 15) is 9.59 Å². The van der Waals surface area contributed by atoms with Crippen LogP contribution in [0.1, 0.15) is 12.8 Å². The number of likely N-dealkylation sites (tertiary alicyclic amines) is 1. The lowest BCUT2D eigenvalue weighted by atomic mass is 10.1. The number of methoxy groups -OCH3 is 1. The lowest BCUT2D eigenvalue weighted by Crippen LogP contribution is -2.37. The zero-order valence-corrected chi connectivity index (χ0v) is 17.1. The van der Waals surface area contributed by atoms with Crippen molar-refractivity contribution in [3.8, 4) is 5.75 Å². The van der Waals surface area contributed by atoms with Gasteiger partial charge in [0.05, 0.1) is 18.7 Å². The molecule has 7 heteroatoms. The maximum atomic E-state index is 13.1. The van der Waals surface area contributed by atoms with Crippen LogP contribution in [0.15, 0.2) is 48.5 Å². The number of hydrogen-bond donors (Lipinski definition) is 1. The minimum Gasteiger partial charge on any atom is -0.495 e. The van der Waals surface area contributed by atoms with Gasteiger partial charge in [-0.15, -0.1) is 0 Å². The molecule has 0 spiro atoms. The summed E-state index contributed by atoms with van der Waals surface area (Å²) < 4.78 is 5.37. The van der Waals surface area contributed by atoms with Crippen molar-refractivity contribution in [3.05, 3.63) is 53.6 Å². The summed E-state index contributed by atoms with van der Waals surface area (Å²) in [7, 11) is 1.56. The maximum Gasteiger partial charge on any atom is 0.228 e. The van der Waals surface area contributed by atoms with Crippen molar-refractivity contribution in [2.45, 2.75) is 18.9 Å². The highest BCUT2D eigenvalue weighted by Crippen LogP contribution is 2.36. The Hall–Kier alpha value is -2.73. The molecule has 0 saturated carbocycles. The third-order valence-corrected chi connectivity index (χ3v) is 5.79. The Bertz CT molecular complexity index is 905. The SMILES string of the molecule is COc1ccc(Cl)cc1N1CC(C(=O)N2CCC(Nc3ccccc3)C2)CC1=O. The number of anilines is 2. The van der Waals surface area contributed by atoms with Gasteiger partial charge in [-0.3, -0.25) is 9.59 Å². The highest BCUT2D eigenvalue weighted by atomic mass is 35.5. The van der Waals surface area contributed by atoms with E-state index in [2.05, 4.69) is 5.32 Å². The Labute approximate surface area is 175 Å². The average Bonchev–Trinajstić information content (AvgIpc) is 3.35. The number of para-hydroxylation sites is 1. The predicted molar refractivity (Wildman–Crippen MR) is 114 cm³/mol. The van der Waals surface area contributed by atoms with Crippen molar-refractivity contribution >= 4 is 34.8 Å². The minimum atomic E-state index is -0.346. The van der Waals surface area contributed by atoms with Gasteiger partial charge in [0.2, 0.25) is 11.8 Å². The van der Waals surface area contributed by atoms with Crippen LogP contribution in [0.4, 0.5) is 11.4 Å². The molecule has 2 atom stereocenters. The largest absolute Gasteiger partial charge is 0.495 e. The van der Waals surface area contributed by atoms with Crippen LogP contribution in [0.3, 0.4) is 0 Å². The van der Waals surface area contributed by atoms with Crippen molar-refractivity contribution in [1.29, 1.82) is 0 Å². The number of benzene rings is 2. The summed E-state index contributed by atoms with van der Waals surface area (Å²) in [6.07, 6.45) is 1.11. The van der Waals surface area contributed by atoms with Crippen LogP contribution in [0.25, 0.3) is 0 Å². The van der Waals surface area contributed by atoms with Gasteiger partial charge in [0.25, 0.3) is 0 Å². The van der Waals surface area contributed by atoms with Gasteiger partial charge in [0, 0.05) is 42.8 Å². The Kier molecular flexibility index (Phi) is 5.62. The Morgan fingerprint density at radius 1 is 1.17 bits per heavy atom. The fourth-order valence-corrected chi connectivity index (χ4v) is 4.25. The van der Waals surface area contributed by atoms with Crippen LogP contribution in [-0.2, 0) is 9.59 Å². The monoisotopic (exact) mass is 413 g/mol. The molecule has 2 aromatic rings. The summed E-state index contributed by atoms with van der Waals surface area (Å²) in [5.41, 5.74) is 1.67. The van der Waals surface area contributed by atoms with Crippen molar-refractivity contribution in [1.82, 2.24) is 4.90 Å². The number of carbonyl (C=O) groups is 2. The van der Waals surface area contributed by atoms with Crippen LogP contribution in [0.2, 0.25) is 5.02 Å². The van der Waals surface area contributed by atoms with Crippen molar-refractivity contribution in [2.75, 3.05) is 37.0 Å². The molecule has 0 aliphatic carbocycles. The molecule has 2 aliphatic heterocycles. The molecule has 152 valence electrons. The molecule has 2 saturated heterocycles. The molecule has 0 aromatic heterocycles. The second-order valence-corrected chi connectivity index (χ2v) is 7.94. The van der Waals surface area contributed by atoms with Crippen LogP contribution >= 0.6 is 11.6 Å². The number of nitrogens with one attached hydrogen (secondary N) is 1. The van der Waals surface area contributed by atoms with Gasteiger partial charge in [-0.05, 0) is 36.8 Å². The maximum absolute atomic E-state index is 13.1. The van der Waals surface area contributed by atoms with E-state index in [0.717, 1.165) is 12.1 Å². The van der Waals surface area contributed by atoms with E-state index in [0.29, 0.717) is 36.1 Å². The molecule has 0 bridgehead atoms. The second-order valence-electron chi connectivity index (χ2n) is 7.50. The van der Waals surface area contributed by atoms with Crippen LogP contribution in [-0.4, -0.2) is 49.5 Å². The number of ether oxygens (including phenoxy) is 1. The van der Waals surface area contributed by atoms with Gasteiger partial charge in [0.15, 0.2) is 0 Å². The molecule has 0 radical (unpaired) electrons. The molecule has 4 rings (SSSR count). The lowest BCUT2D eigenvalue weighted by molar-refractivity contribution is -0.134. The minimum absolute atomic E-state index is 0.0409. The van der Waals surface area contributed by atoms with Crippen molar-refractivity contribution < 1.29 is 14.3 Å². The Balaban J connectivity index is 1.40. The molecule has 2 unspecified atom stereocenters. The van der Waals surface area contributed by atoms with Gasteiger partial charge in [-0.2, -0.15) is 0 Å². The predicted octanol–water partition coefficient (Wildman–Crippen LogP) is 3.41. The first-order valence-electron chi connectivity index (χ1n) is 9.79. The molecule has 2 aliphatic rings. The van der Waals surface area contributed by atoms with Crippen LogP contribution < -0.4 is 15.0 Å². The molecule has 2 aromatic carbocycles. The second kappa shape index (κ2) is 8.33. The number of rotatable bonds is 5. The quantitative estimate of drug-likeness (QED) is 0.815. The normalized spacial score (nSPS) is 21.5. The summed E-state index contributed by atoms with van der Waals surface area (Å²) >= 11 is 6.11. The first-order chi connectivity index (χ1) is 14.0. The Morgan fingerprint density at radius 2 is 1.97 bits per heavy atom. The summed E-state index contributed by atoms with van der Waals surface area (Å²) in [4.78, 5) is 29.2.